The Morgan fingerprint density at radius 3 is 1.72 bits per heavy atom. The molecule has 0 heterocycles. The second-order valence-electron chi connectivity index (χ2n) is 6.54. The van der Waals surface area contributed by atoms with Crippen molar-refractivity contribution in [2.75, 3.05) is 0 Å². The van der Waals surface area contributed by atoms with Crippen LogP contribution < -0.4 is 0 Å². The predicted octanol–water partition coefficient (Wildman–Crippen LogP) is 6.98. The van der Waals surface area contributed by atoms with E-state index in [0.29, 0.717) is 0 Å². The summed E-state index contributed by atoms with van der Waals surface area (Å²) in [4.78, 5) is 0. The Kier molecular flexibility index (Phi) is 13.4. The fourth-order valence-electron chi connectivity index (χ4n) is 2.71. The van der Waals surface area contributed by atoms with Crippen LogP contribution in [0.25, 0.3) is 0 Å². The van der Waals surface area contributed by atoms with E-state index in [1.807, 2.05) is 0 Å². The average Bonchev–Trinajstić information content (AvgIpc) is 2.35. The van der Waals surface area contributed by atoms with Crippen LogP contribution in [0.3, 0.4) is 0 Å². The molecule has 0 aliphatic heterocycles. The maximum Gasteiger partial charge on any atom is -0.0414 e. The van der Waals surface area contributed by atoms with Gasteiger partial charge >= 0.3 is 0 Å². The maximum absolute atomic E-state index is 2.36. The molecule has 0 bridgehead atoms. The predicted molar refractivity (Wildman–Crippen MR) is 85.1 cm³/mol. The Morgan fingerprint density at radius 2 is 1.11 bits per heavy atom. The zero-order valence-corrected chi connectivity index (χ0v) is 13.6. The van der Waals surface area contributed by atoms with Gasteiger partial charge in [0.15, 0.2) is 0 Å². The lowest BCUT2D eigenvalue weighted by molar-refractivity contribution is 0.356. The minimum Gasteiger partial charge on any atom is -0.0654 e. The molecule has 0 aromatic rings. The van der Waals surface area contributed by atoms with Crippen molar-refractivity contribution in [2.24, 2.45) is 11.8 Å². The van der Waals surface area contributed by atoms with Crippen molar-refractivity contribution in [1.82, 2.24) is 0 Å². The second kappa shape index (κ2) is 13.4. The number of hydrogen-bond donors (Lipinski definition) is 0. The first-order valence-corrected chi connectivity index (χ1v) is 8.70. The highest BCUT2D eigenvalue weighted by molar-refractivity contribution is 4.62. The summed E-state index contributed by atoms with van der Waals surface area (Å²) in [6.45, 7) is 9.35. The van der Waals surface area contributed by atoms with Crippen molar-refractivity contribution in [1.29, 1.82) is 0 Å². The van der Waals surface area contributed by atoms with Gasteiger partial charge in [0.2, 0.25) is 0 Å². The molecule has 18 heavy (non-hydrogen) atoms. The molecule has 0 aromatic heterocycles. The van der Waals surface area contributed by atoms with Gasteiger partial charge in [0.1, 0.15) is 0 Å². The molecule has 0 amide bonds. The summed E-state index contributed by atoms with van der Waals surface area (Å²) in [7, 11) is 0. The summed E-state index contributed by atoms with van der Waals surface area (Å²) < 4.78 is 0. The van der Waals surface area contributed by atoms with E-state index in [1.165, 1.54) is 77.0 Å². The lowest BCUT2D eigenvalue weighted by Gasteiger charge is -2.17. The molecule has 0 aliphatic carbocycles. The Labute approximate surface area is 117 Å². The van der Waals surface area contributed by atoms with Crippen molar-refractivity contribution in [3.63, 3.8) is 0 Å². The Bertz CT molecular complexity index is 148. The monoisotopic (exact) mass is 254 g/mol. The number of rotatable bonds is 13. The average molecular weight is 255 g/mol. The van der Waals surface area contributed by atoms with Crippen LogP contribution in [0, 0.1) is 11.8 Å². The van der Waals surface area contributed by atoms with Crippen LogP contribution in [0.15, 0.2) is 0 Å². The summed E-state index contributed by atoms with van der Waals surface area (Å²) in [5, 5.41) is 0. The molecule has 1 atom stereocenters. The molecule has 1 unspecified atom stereocenters. The molecular formula is C18H38. The standard InChI is InChI=1S/C18H38/c1-5-7-9-10-11-12-14-18(13-8-6-2)16-15-17(3)4/h17-18H,5-16H2,1-4H3. The molecule has 0 nitrogen and oxygen atoms in total. The summed E-state index contributed by atoms with van der Waals surface area (Å²) in [6.07, 6.45) is 17.4. The van der Waals surface area contributed by atoms with Gasteiger partial charge in [-0.05, 0) is 11.8 Å². The van der Waals surface area contributed by atoms with Crippen molar-refractivity contribution >= 4 is 0 Å². The highest BCUT2D eigenvalue weighted by Crippen LogP contribution is 2.24. The fraction of sp³-hybridized carbons (Fsp3) is 1.00. The SMILES string of the molecule is CCCCCCCCC(CCCC)CCC(C)C. The van der Waals surface area contributed by atoms with Crippen LogP contribution >= 0.6 is 0 Å². The molecule has 0 rings (SSSR count). The van der Waals surface area contributed by atoms with E-state index in [4.69, 9.17) is 0 Å². The second-order valence-corrected chi connectivity index (χ2v) is 6.54. The first-order valence-electron chi connectivity index (χ1n) is 8.70. The molecule has 0 aromatic carbocycles. The Balaban J connectivity index is 3.58. The fourth-order valence-corrected chi connectivity index (χ4v) is 2.71. The quantitative estimate of drug-likeness (QED) is 0.311. The largest absolute Gasteiger partial charge is 0.0654 e. The van der Waals surface area contributed by atoms with Crippen LogP contribution in [-0.2, 0) is 0 Å². The molecule has 0 fully saturated rings. The van der Waals surface area contributed by atoms with E-state index in [-0.39, 0.29) is 0 Å². The summed E-state index contributed by atoms with van der Waals surface area (Å²) >= 11 is 0. The molecule has 0 saturated heterocycles. The van der Waals surface area contributed by atoms with Crippen LogP contribution in [0.5, 0.6) is 0 Å². The smallest absolute Gasteiger partial charge is 0.0414 e. The van der Waals surface area contributed by atoms with Gasteiger partial charge in [-0.3, -0.25) is 0 Å². The molecule has 0 aliphatic rings. The topological polar surface area (TPSA) is 0 Å². The minimum atomic E-state index is 0.888. The maximum atomic E-state index is 2.36. The minimum absolute atomic E-state index is 0.888. The summed E-state index contributed by atoms with van der Waals surface area (Å²) in [6, 6.07) is 0. The van der Waals surface area contributed by atoms with Crippen LogP contribution in [-0.4, -0.2) is 0 Å². The van der Waals surface area contributed by atoms with Crippen molar-refractivity contribution in [3.8, 4) is 0 Å². The molecule has 0 N–H and O–H groups in total. The van der Waals surface area contributed by atoms with Gasteiger partial charge in [-0.1, -0.05) is 105 Å². The summed E-state index contributed by atoms with van der Waals surface area (Å²) in [5.74, 6) is 1.91. The first-order chi connectivity index (χ1) is 8.70. The normalized spacial score (nSPS) is 13.2. The Morgan fingerprint density at radius 1 is 0.556 bits per heavy atom. The molecule has 0 saturated carbocycles. The third-order valence-corrected chi connectivity index (χ3v) is 4.08. The van der Waals surface area contributed by atoms with Gasteiger partial charge in [-0.15, -0.1) is 0 Å². The van der Waals surface area contributed by atoms with E-state index in [2.05, 4.69) is 27.7 Å². The molecule has 0 heteroatoms. The zero-order chi connectivity index (χ0) is 13.6. The summed E-state index contributed by atoms with van der Waals surface area (Å²) in [5.41, 5.74) is 0. The third-order valence-electron chi connectivity index (χ3n) is 4.08. The van der Waals surface area contributed by atoms with Crippen molar-refractivity contribution in [2.45, 2.75) is 105 Å². The van der Waals surface area contributed by atoms with Crippen LogP contribution in [0.4, 0.5) is 0 Å². The van der Waals surface area contributed by atoms with Gasteiger partial charge in [0.25, 0.3) is 0 Å². The van der Waals surface area contributed by atoms with E-state index in [1.54, 1.807) is 0 Å². The van der Waals surface area contributed by atoms with Gasteiger partial charge < -0.3 is 0 Å². The highest BCUT2D eigenvalue weighted by atomic mass is 14.1. The number of unbranched alkanes of at least 4 members (excludes halogenated alkanes) is 6. The molecule has 0 spiro atoms. The van der Waals surface area contributed by atoms with Gasteiger partial charge in [0, 0.05) is 0 Å². The first kappa shape index (κ1) is 18.0. The van der Waals surface area contributed by atoms with Crippen molar-refractivity contribution in [3.05, 3.63) is 0 Å². The highest BCUT2D eigenvalue weighted by Gasteiger charge is 2.09. The van der Waals surface area contributed by atoms with Crippen LogP contribution in [0.1, 0.15) is 105 Å². The van der Waals surface area contributed by atoms with Gasteiger partial charge in [-0.25, -0.2) is 0 Å². The lowest BCUT2D eigenvalue weighted by Crippen LogP contribution is -2.03. The van der Waals surface area contributed by atoms with Crippen molar-refractivity contribution < 1.29 is 0 Å². The molecule has 0 radical (unpaired) electrons. The van der Waals surface area contributed by atoms with Gasteiger partial charge in [-0.2, -0.15) is 0 Å². The Hall–Kier alpha value is 0. The van der Waals surface area contributed by atoms with E-state index in [0.717, 1.165) is 11.8 Å². The molecule has 110 valence electrons. The lowest BCUT2D eigenvalue weighted by atomic mass is 9.89. The van der Waals surface area contributed by atoms with E-state index in [9.17, 15) is 0 Å². The van der Waals surface area contributed by atoms with E-state index >= 15 is 0 Å². The third kappa shape index (κ3) is 12.5. The zero-order valence-electron chi connectivity index (χ0n) is 13.6. The van der Waals surface area contributed by atoms with Gasteiger partial charge in [0.05, 0.1) is 0 Å². The number of hydrogen-bond acceptors (Lipinski definition) is 0. The van der Waals surface area contributed by atoms with Crippen LogP contribution in [0.2, 0.25) is 0 Å². The van der Waals surface area contributed by atoms with E-state index < -0.39 is 0 Å². The molecular weight excluding hydrogens is 216 g/mol.